The normalized spacial score (nSPS) is 25.5. The summed E-state index contributed by atoms with van der Waals surface area (Å²) in [5.41, 5.74) is 2.40. The van der Waals surface area contributed by atoms with Crippen molar-refractivity contribution in [1.29, 1.82) is 0 Å². The molecule has 0 bridgehead atoms. The number of rotatable bonds is 2. The van der Waals surface area contributed by atoms with E-state index < -0.39 is 9.84 Å². The molecule has 88 valence electrons. The smallest absolute Gasteiger partial charge is 0.150 e. The van der Waals surface area contributed by atoms with E-state index in [0.717, 1.165) is 6.42 Å². The van der Waals surface area contributed by atoms with Gasteiger partial charge in [0, 0.05) is 4.83 Å². The Morgan fingerprint density at radius 3 is 2.44 bits per heavy atom. The Morgan fingerprint density at radius 1 is 1.31 bits per heavy atom. The lowest BCUT2D eigenvalue weighted by molar-refractivity contribution is 0.580. The number of hydrogen-bond donors (Lipinski definition) is 0. The highest BCUT2D eigenvalue weighted by atomic mass is 79.9. The third-order valence-electron chi connectivity index (χ3n) is 3.08. The fourth-order valence-corrected chi connectivity index (χ4v) is 4.92. The molecule has 2 rings (SSSR count). The van der Waals surface area contributed by atoms with Crippen LogP contribution in [0.1, 0.15) is 22.4 Å². The van der Waals surface area contributed by atoms with Gasteiger partial charge in [-0.05, 0) is 24.8 Å². The van der Waals surface area contributed by atoms with Crippen LogP contribution in [0.3, 0.4) is 0 Å². The summed E-state index contributed by atoms with van der Waals surface area (Å²) in [6.07, 6.45) is 0.770. The summed E-state index contributed by atoms with van der Waals surface area (Å²) in [6.45, 7) is 2.05. The van der Waals surface area contributed by atoms with E-state index in [-0.39, 0.29) is 10.7 Å². The van der Waals surface area contributed by atoms with Gasteiger partial charge in [0.2, 0.25) is 0 Å². The molecule has 1 aliphatic heterocycles. The van der Waals surface area contributed by atoms with Gasteiger partial charge in [-0.2, -0.15) is 0 Å². The molecule has 1 saturated heterocycles. The molecule has 1 aromatic rings. The average Bonchev–Trinajstić information content (AvgIpc) is 2.59. The number of alkyl halides is 1. The summed E-state index contributed by atoms with van der Waals surface area (Å²) in [6, 6.07) is 8.26. The largest absolute Gasteiger partial charge is 0.229 e. The lowest BCUT2D eigenvalue weighted by Gasteiger charge is -2.16. The fraction of sp³-hybridized carbons (Fsp3) is 0.500. The zero-order valence-electron chi connectivity index (χ0n) is 9.19. The number of benzene rings is 1. The van der Waals surface area contributed by atoms with Gasteiger partial charge in [0.05, 0.1) is 11.5 Å². The molecule has 0 saturated carbocycles. The first-order valence-electron chi connectivity index (χ1n) is 5.39. The van der Waals surface area contributed by atoms with Crippen LogP contribution in [0.4, 0.5) is 0 Å². The van der Waals surface area contributed by atoms with Gasteiger partial charge in [-0.25, -0.2) is 8.42 Å². The van der Waals surface area contributed by atoms with Crippen LogP contribution in [0.5, 0.6) is 0 Å². The molecule has 0 aromatic heterocycles. The monoisotopic (exact) mass is 302 g/mol. The number of halogens is 1. The summed E-state index contributed by atoms with van der Waals surface area (Å²) >= 11 is 3.62. The van der Waals surface area contributed by atoms with Crippen molar-refractivity contribution in [2.75, 3.05) is 11.5 Å². The molecular formula is C12H15BrO2S. The van der Waals surface area contributed by atoms with Crippen LogP contribution in [0, 0.1) is 12.8 Å². The van der Waals surface area contributed by atoms with E-state index in [2.05, 4.69) is 40.2 Å². The van der Waals surface area contributed by atoms with Crippen molar-refractivity contribution >= 4 is 25.8 Å². The van der Waals surface area contributed by atoms with Crippen molar-refractivity contribution in [1.82, 2.24) is 0 Å². The summed E-state index contributed by atoms with van der Waals surface area (Å²) in [4.78, 5) is 0.158. The molecule has 4 heteroatoms. The molecule has 0 amide bonds. The van der Waals surface area contributed by atoms with Crippen LogP contribution in [-0.2, 0) is 9.84 Å². The minimum absolute atomic E-state index is 0.158. The van der Waals surface area contributed by atoms with E-state index in [0.29, 0.717) is 11.5 Å². The van der Waals surface area contributed by atoms with E-state index in [9.17, 15) is 8.42 Å². The first-order chi connectivity index (χ1) is 7.48. The maximum atomic E-state index is 11.4. The van der Waals surface area contributed by atoms with Crippen molar-refractivity contribution in [3.05, 3.63) is 35.4 Å². The van der Waals surface area contributed by atoms with Gasteiger partial charge in [0.1, 0.15) is 0 Å². The molecular weight excluding hydrogens is 288 g/mol. The quantitative estimate of drug-likeness (QED) is 0.787. The Morgan fingerprint density at radius 2 is 1.94 bits per heavy atom. The van der Waals surface area contributed by atoms with E-state index in [1.807, 2.05) is 6.92 Å². The molecule has 0 aliphatic carbocycles. The Hall–Kier alpha value is -0.350. The second-order valence-electron chi connectivity index (χ2n) is 4.48. The van der Waals surface area contributed by atoms with Crippen LogP contribution < -0.4 is 0 Å². The Labute approximate surface area is 105 Å². The minimum atomic E-state index is -2.79. The summed E-state index contributed by atoms with van der Waals surface area (Å²) in [5.74, 6) is 0.871. The molecule has 2 nitrogen and oxygen atoms in total. The zero-order valence-corrected chi connectivity index (χ0v) is 11.6. The highest BCUT2D eigenvalue weighted by molar-refractivity contribution is 9.09. The van der Waals surface area contributed by atoms with Gasteiger partial charge >= 0.3 is 0 Å². The van der Waals surface area contributed by atoms with Crippen molar-refractivity contribution in [3.8, 4) is 0 Å². The molecule has 0 radical (unpaired) electrons. The standard InChI is InChI=1S/C12H15BrO2S/c1-9-2-4-10(5-3-9)12(13)11-6-7-16(14,15)8-11/h2-5,11-12H,6-8H2,1H3. The molecule has 0 spiro atoms. The first kappa shape index (κ1) is 12.1. The minimum Gasteiger partial charge on any atom is -0.229 e. The molecule has 16 heavy (non-hydrogen) atoms. The molecule has 2 unspecified atom stereocenters. The van der Waals surface area contributed by atoms with Gasteiger partial charge in [0.15, 0.2) is 9.84 Å². The highest BCUT2D eigenvalue weighted by Crippen LogP contribution is 2.37. The SMILES string of the molecule is Cc1ccc(C(Br)C2CCS(=O)(=O)C2)cc1. The van der Waals surface area contributed by atoms with Crippen LogP contribution in [0.2, 0.25) is 0 Å². The molecule has 1 heterocycles. The zero-order chi connectivity index (χ0) is 11.8. The summed E-state index contributed by atoms with van der Waals surface area (Å²) < 4.78 is 22.8. The molecule has 1 aromatic carbocycles. The second kappa shape index (κ2) is 4.49. The van der Waals surface area contributed by atoms with Crippen LogP contribution in [-0.4, -0.2) is 19.9 Å². The van der Waals surface area contributed by atoms with Gasteiger partial charge < -0.3 is 0 Å². The molecule has 1 aliphatic rings. The van der Waals surface area contributed by atoms with E-state index >= 15 is 0 Å². The Balaban J connectivity index is 2.14. The maximum Gasteiger partial charge on any atom is 0.150 e. The van der Waals surface area contributed by atoms with E-state index in [4.69, 9.17) is 0 Å². The number of sulfone groups is 1. The maximum absolute atomic E-state index is 11.4. The van der Waals surface area contributed by atoms with Gasteiger partial charge in [-0.15, -0.1) is 0 Å². The molecule has 1 fully saturated rings. The molecule has 0 N–H and O–H groups in total. The van der Waals surface area contributed by atoms with Crippen molar-refractivity contribution in [2.24, 2.45) is 5.92 Å². The lowest BCUT2D eigenvalue weighted by atomic mass is 9.98. The fourth-order valence-electron chi connectivity index (χ4n) is 2.08. The number of hydrogen-bond acceptors (Lipinski definition) is 2. The Kier molecular flexibility index (Phi) is 3.40. The topological polar surface area (TPSA) is 34.1 Å². The van der Waals surface area contributed by atoms with Crippen molar-refractivity contribution in [3.63, 3.8) is 0 Å². The second-order valence-corrected chi connectivity index (χ2v) is 7.69. The first-order valence-corrected chi connectivity index (χ1v) is 8.13. The van der Waals surface area contributed by atoms with Crippen molar-refractivity contribution < 1.29 is 8.42 Å². The highest BCUT2D eigenvalue weighted by Gasteiger charge is 2.33. The van der Waals surface area contributed by atoms with Gasteiger partial charge in [-0.1, -0.05) is 45.8 Å². The van der Waals surface area contributed by atoms with Crippen LogP contribution >= 0.6 is 15.9 Å². The average molecular weight is 303 g/mol. The molecule has 2 atom stereocenters. The van der Waals surface area contributed by atoms with Gasteiger partial charge in [-0.3, -0.25) is 0 Å². The number of aryl methyl sites for hydroxylation is 1. The Bertz CT molecular complexity index is 464. The van der Waals surface area contributed by atoms with Crippen LogP contribution in [0.25, 0.3) is 0 Å². The third-order valence-corrected chi connectivity index (χ3v) is 6.15. The van der Waals surface area contributed by atoms with Crippen LogP contribution in [0.15, 0.2) is 24.3 Å². The van der Waals surface area contributed by atoms with E-state index in [1.165, 1.54) is 11.1 Å². The summed E-state index contributed by atoms with van der Waals surface area (Å²) in [7, 11) is -2.79. The predicted octanol–water partition coefficient (Wildman–Crippen LogP) is 2.87. The third kappa shape index (κ3) is 2.66. The summed E-state index contributed by atoms with van der Waals surface area (Å²) in [5, 5.41) is 0. The predicted molar refractivity (Wildman–Crippen MR) is 69.6 cm³/mol. The van der Waals surface area contributed by atoms with E-state index in [1.54, 1.807) is 0 Å². The van der Waals surface area contributed by atoms with Crippen molar-refractivity contribution in [2.45, 2.75) is 18.2 Å². The van der Waals surface area contributed by atoms with Gasteiger partial charge in [0.25, 0.3) is 0 Å². The lowest BCUT2D eigenvalue weighted by Crippen LogP contribution is -2.10.